The van der Waals surface area contributed by atoms with Crippen LogP contribution in [0.4, 0.5) is 0 Å². The fourth-order valence-corrected chi connectivity index (χ4v) is 7.27. The summed E-state index contributed by atoms with van der Waals surface area (Å²) in [6.45, 7) is 13.8. The molecule has 2 N–H and O–H groups in total. The average molecular weight is 453 g/mol. The normalized spacial score (nSPS) is 29.9. The topological polar surface area (TPSA) is 58.9 Å². The lowest BCUT2D eigenvalue weighted by molar-refractivity contribution is 0.215. The molecule has 180 valence electrons. The number of hydrogen-bond donors (Lipinski definition) is 2. The number of benzene rings is 2. The van der Waals surface area contributed by atoms with Gasteiger partial charge in [-0.15, -0.1) is 0 Å². The van der Waals surface area contributed by atoms with Gasteiger partial charge in [-0.25, -0.2) is 0 Å². The maximum atomic E-state index is 10.2. The third-order valence-electron chi connectivity index (χ3n) is 9.66. The van der Waals surface area contributed by atoms with Crippen molar-refractivity contribution in [2.24, 2.45) is 5.92 Å². The summed E-state index contributed by atoms with van der Waals surface area (Å²) in [7, 11) is 3.43. The van der Waals surface area contributed by atoms with Crippen LogP contribution in [0.5, 0.6) is 11.5 Å². The minimum absolute atomic E-state index is 0.0165. The first kappa shape index (κ1) is 24.1. The van der Waals surface area contributed by atoms with Gasteiger partial charge in [0, 0.05) is 5.41 Å². The zero-order valence-corrected chi connectivity index (χ0v) is 21.6. The van der Waals surface area contributed by atoms with Gasteiger partial charge in [-0.05, 0) is 87.9 Å². The number of methoxy groups -OCH3 is 2. The van der Waals surface area contributed by atoms with E-state index < -0.39 is 0 Å². The van der Waals surface area contributed by atoms with Crippen molar-refractivity contribution in [3.05, 3.63) is 57.1 Å². The molecule has 4 nitrogen and oxygen atoms in total. The monoisotopic (exact) mass is 452 g/mol. The van der Waals surface area contributed by atoms with Crippen molar-refractivity contribution in [3.63, 3.8) is 0 Å². The molecule has 2 aromatic rings. The van der Waals surface area contributed by atoms with E-state index in [0.717, 1.165) is 47.5 Å². The predicted molar refractivity (Wildman–Crippen MR) is 132 cm³/mol. The summed E-state index contributed by atoms with van der Waals surface area (Å²) in [6.07, 6.45) is 3.05. The molecule has 0 fully saturated rings. The average Bonchev–Trinajstić information content (AvgIpc) is 3.19. The summed E-state index contributed by atoms with van der Waals surface area (Å²) in [4.78, 5) is 0. The second-order valence-electron chi connectivity index (χ2n) is 10.7. The van der Waals surface area contributed by atoms with Gasteiger partial charge >= 0.3 is 0 Å². The molecule has 1 spiro atoms. The Bertz CT molecular complexity index is 1090. The Hall–Kier alpha value is -2.04. The lowest BCUT2D eigenvalue weighted by atomic mass is 9.63. The first-order valence-electron chi connectivity index (χ1n) is 12.3. The maximum Gasteiger partial charge on any atom is 0.163 e. The first-order chi connectivity index (χ1) is 15.6. The maximum absolute atomic E-state index is 10.2. The van der Waals surface area contributed by atoms with Crippen molar-refractivity contribution in [2.45, 2.75) is 90.3 Å². The van der Waals surface area contributed by atoms with Gasteiger partial charge in [0.25, 0.3) is 0 Å². The minimum Gasteiger partial charge on any atom is -0.493 e. The zero-order chi connectivity index (χ0) is 24.3. The molecule has 4 heteroatoms. The van der Waals surface area contributed by atoms with Gasteiger partial charge in [-0.2, -0.15) is 0 Å². The number of fused-ring (bicyclic) bond motifs is 4. The van der Waals surface area contributed by atoms with E-state index in [9.17, 15) is 10.2 Å². The van der Waals surface area contributed by atoms with Crippen LogP contribution in [0.2, 0.25) is 0 Å². The van der Waals surface area contributed by atoms with Crippen molar-refractivity contribution < 1.29 is 19.7 Å². The van der Waals surface area contributed by atoms with Gasteiger partial charge in [0.05, 0.1) is 27.4 Å². The lowest BCUT2D eigenvalue weighted by Crippen LogP contribution is -2.38. The van der Waals surface area contributed by atoms with Gasteiger partial charge in [0.2, 0.25) is 0 Å². The highest BCUT2D eigenvalue weighted by Gasteiger charge is 2.63. The van der Waals surface area contributed by atoms with Crippen molar-refractivity contribution in [3.8, 4) is 11.5 Å². The predicted octanol–water partition coefficient (Wildman–Crippen LogP) is 5.67. The Kier molecular flexibility index (Phi) is 5.86. The fourth-order valence-electron chi connectivity index (χ4n) is 7.27. The minimum atomic E-state index is -0.193. The quantitative estimate of drug-likeness (QED) is 0.593. The van der Waals surface area contributed by atoms with E-state index in [1.807, 2.05) is 0 Å². The van der Waals surface area contributed by atoms with Gasteiger partial charge in [-0.3, -0.25) is 0 Å². The number of hydrogen-bond acceptors (Lipinski definition) is 4. The van der Waals surface area contributed by atoms with E-state index in [0.29, 0.717) is 5.92 Å². The number of rotatable bonds is 6. The largest absolute Gasteiger partial charge is 0.493 e. The lowest BCUT2D eigenvalue weighted by Gasteiger charge is -2.40. The van der Waals surface area contributed by atoms with Crippen molar-refractivity contribution >= 4 is 0 Å². The molecule has 0 amide bonds. The van der Waals surface area contributed by atoms with Crippen LogP contribution in [0, 0.1) is 12.8 Å². The highest BCUT2D eigenvalue weighted by molar-refractivity contribution is 5.68. The molecule has 0 aromatic heterocycles. The van der Waals surface area contributed by atoms with Gasteiger partial charge in [0.15, 0.2) is 11.5 Å². The second-order valence-corrected chi connectivity index (χ2v) is 10.7. The summed E-state index contributed by atoms with van der Waals surface area (Å²) in [5, 5.41) is 20.2. The summed E-state index contributed by atoms with van der Waals surface area (Å²) in [6, 6.07) is 6.58. The van der Waals surface area contributed by atoms with E-state index in [1.165, 1.54) is 22.3 Å². The first-order valence-corrected chi connectivity index (χ1v) is 12.3. The summed E-state index contributed by atoms with van der Waals surface area (Å²) < 4.78 is 11.7. The van der Waals surface area contributed by atoms with Crippen LogP contribution < -0.4 is 9.47 Å². The summed E-state index contributed by atoms with van der Waals surface area (Å²) in [5.41, 5.74) is 7.94. The Morgan fingerprint density at radius 1 is 0.909 bits per heavy atom. The molecule has 4 rings (SSSR count). The third-order valence-corrected chi connectivity index (χ3v) is 9.66. The van der Waals surface area contributed by atoms with Crippen LogP contribution in [0.15, 0.2) is 18.2 Å². The molecule has 2 aliphatic carbocycles. The molecular formula is C29H40O4. The van der Waals surface area contributed by atoms with E-state index in [4.69, 9.17) is 9.47 Å². The molecule has 0 heterocycles. The van der Waals surface area contributed by atoms with Crippen LogP contribution in [0.1, 0.15) is 92.8 Å². The van der Waals surface area contributed by atoms with E-state index >= 15 is 0 Å². The molecule has 2 aromatic carbocycles. The van der Waals surface area contributed by atoms with Crippen LogP contribution in [-0.4, -0.2) is 24.4 Å². The number of ether oxygens (including phenoxy) is 2. The number of aliphatic hydroxyl groups is 2. The molecular weight excluding hydrogens is 412 g/mol. The Labute approximate surface area is 198 Å². The summed E-state index contributed by atoms with van der Waals surface area (Å²) in [5.74, 6) is 1.95. The molecule has 0 aliphatic heterocycles. The van der Waals surface area contributed by atoms with Gasteiger partial charge in [0.1, 0.15) is 0 Å². The van der Waals surface area contributed by atoms with E-state index in [1.54, 1.807) is 14.2 Å². The highest BCUT2D eigenvalue weighted by Crippen LogP contribution is 2.68. The molecule has 0 saturated carbocycles. The third kappa shape index (κ3) is 2.89. The molecule has 2 aliphatic rings. The molecule has 33 heavy (non-hydrogen) atoms. The van der Waals surface area contributed by atoms with Crippen LogP contribution >= 0.6 is 0 Å². The summed E-state index contributed by atoms with van der Waals surface area (Å²) >= 11 is 0. The number of aliphatic hydroxyl groups excluding tert-OH is 2. The molecule has 0 bridgehead atoms. The molecule has 4 atom stereocenters. The highest BCUT2D eigenvalue weighted by atomic mass is 16.5. The van der Waals surface area contributed by atoms with Crippen molar-refractivity contribution in [1.29, 1.82) is 0 Å². The van der Waals surface area contributed by atoms with Crippen LogP contribution in [0.25, 0.3) is 0 Å². The van der Waals surface area contributed by atoms with E-state index in [2.05, 4.69) is 59.7 Å². The molecule has 0 saturated heterocycles. The molecule has 4 unspecified atom stereocenters. The van der Waals surface area contributed by atoms with Crippen molar-refractivity contribution in [2.75, 3.05) is 14.2 Å². The van der Waals surface area contributed by atoms with Crippen molar-refractivity contribution in [1.82, 2.24) is 0 Å². The smallest absolute Gasteiger partial charge is 0.163 e. The Balaban J connectivity index is 2.17. The van der Waals surface area contributed by atoms with Crippen LogP contribution in [-0.2, 0) is 29.5 Å². The fraction of sp³-hybridized carbons (Fsp3) is 0.586. The molecule has 0 radical (unpaired) electrons. The van der Waals surface area contributed by atoms with Gasteiger partial charge < -0.3 is 19.7 Å². The standard InChI is InChI=1S/C29H40O4/c1-9-27(5)16-29(22-12-20(15-31)19(14-30)11-21(22)27)18(4)28(6,10-2)23-13-24(32-7)26(33-8)17(3)25(23)29/h11-13,18,30-31H,9-10,14-16H2,1-8H3. The zero-order valence-electron chi connectivity index (χ0n) is 21.6. The van der Waals surface area contributed by atoms with E-state index in [-0.39, 0.29) is 29.5 Å². The van der Waals surface area contributed by atoms with Gasteiger partial charge in [-0.1, -0.05) is 46.8 Å². The van der Waals surface area contributed by atoms with Crippen LogP contribution in [0.3, 0.4) is 0 Å². The second kappa shape index (κ2) is 8.02. The SMILES string of the molecule is CCC1(C)CC2(c3cc(CO)c(CO)cc31)c1c(cc(OC)c(OC)c1C)C(C)(CC)C2C. The Morgan fingerprint density at radius 2 is 1.52 bits per heavy atom. The Morgan fingerprint density at radius 3 is 2.00 bits per heavy atom.